The van der Waals surface area contributed by atoms with Crippen molar-refractivity contribution in [1.29, 1.82) is 0 Å². The Kier molecular flexibility index (Phi) is 3.09. The van der Waals surface area contributed by atoms with Gasteiger partial charge in [-0.1, -0.05) is 6.07 Å². The molecule has 0 aromatic heterocycles. The molecule has 96 valence electrons. The Balaban J connectivity index is 2.11. The lowest BCUT2D eigenvalue weighted by Gasteiger charge is -2.23. The maximum atomic E-state index is 12.0. The van der Waals surface area contributed by atoms with Crippen molar-refractivity contribution in [2.75, 3.05) is 5.32 Å². The summed E-state index contributed by atoms with van der Waals surface area (Å²) in [4.78, 5) is 22.8. The fourth-order valence-corrected chi connectivity index (χ4v) is 1.86. The molecule has 1 aliphatic rings. The van der Waals surface area contributed by atoms with Gasteiger partial charge in [0, 0.05) is 5.69 Å². The lowest BCUT2D eigenvalue weighted by atomic mass is 9.96. The maximum absolute atomic E-state index is 12.0. The van der Waals surface area contributed by atoms with Crippen molar-refractivity contribution in [2.45, 2.75) is 25.3 Å². The minimum Gasteiger partial charge on any atom is -0.478 e. The normalized spacial score (nSPS) is 17.9. The zero-order valence-corrected chi connectivity index (χ0v) is 10.1. The quantitative estimate of drug-likeness (QED) is 0.752. The number of carbonyl (C=O) groups excluding carboxylic acids is 1. The van der Waals surface area contributed by atoms with Crippen LogP contribution in [0, 0.1) is 5.92 Å². The molecular formula is C13H16N2O3. The van der Waals surface area contributed by atoms with Gasteiger partial charge in [0.2, 0.25) is 5.91 Å². The van der Waals surface area contributed by atoms with Crippen LogP contribution in [-0.4, -0.2) is 22.5 Å². The minimum absolute atomic E-state index is 0.137. The van der Waals surface area contributed by atoms with E-state index in [0.717, 1.165) is 12.8 Å². The van der Waals surface area contributed by atoms with E-state index in [1.54, 1.807) is 19.1 Å². The summed E-state index contributed by atoms with van der Waals surface area (Å²) in [6.45, 7) is 1.71. The van der Waals surface area contributed by atoms with Gasteiger partial charge in [0.1, 0.15) is 0 Å². The molecule has 1 fully saturated rings. The summed E-state index contributed by atoms with van der Waals surface area (Å²) in [5.74, 6) is -1.07. The molecule has 0 radical (unpaired) electrons. The van der Waals surface area contributed by atoms with Crippen LogP contribution in [0.2, 0.25) is 0 Å². The third kappa shape index (κ3) is 2.51. The summed E-state index contributed by atoms with van der Waals surface area (Å²) in [5.41, 5.74) is 5.69. The van der Waals surface area contributed by atoms with Gasteiger partial charge in [0.15, 0.2) is 0 Å². The number of carboxylic acid groups (broad SMARTS) is 1. The number of nitrogens with one attached hydrogen (secondary N) is 1. The molecule has 18 heavy (non-hydrogen) atoms. The number of benzene rings is 1. The second kappa shape index (κ2) is 4.42. The van der Waals surface area contributed by atoms with Gasteiger partial charge in [-0.25, -0.2) is 4.79 Å². The van der Waals surface area contributed by atoms with Crippen LogP contribution in [0.1, 0.15) is 30.1 Å². The first-order valence-corrected chi connectivity index (χ1v) is 5.85. The molecule has 2 rings (SSSR count). The highest BCUT2D eigenvalue weighted by atomic mass is 16.4. The van der Waals surface area contributed by atoms with Crippen LogP contribution in [0.15, 0.2) is 24.3 Å². The Labute approximate surface area is 105 Å². The van der Waals surface area contributed by atoms with Gasteiger partial charge >= 0.3 is 5.97 Å². The second-order valence-corrected chi connectivity index (χ2v) is 4.90. The fraction of sp³-hybridized carbons (Fsp3) is 0.385. The van der Waals surface area contributed by atoms with Crippen LogP contribution >= 0.6 is 0 Å². The van der Waals surface area contributed by atoms with Crippen molar-refractivity contribution in [3.05, 3.63) is 29.8 Å². The monoisotopic (exact) mass is 248 g/mol. The van der Waals surface area contributed by atoms with Crippen molar-refractivity contribution < 1.29 is 14.7 Å². The Morgan fingerprint density at radius 2 is 2.11 bits per heavy atom. The first-order chi connectivity index (χ1) is 8.41. The Bertz CT molecular complexity index is 493. The zero-order valence-electron chi connectivity index (χ0n) is 10.1. The molecule has 1 saturated carbocycles. The summed E-state index contributed by atoms with van der Waals surface area (Å²) < 4.78 is 0. The van der Waals surface area contributed by atoms with Gasteiger partial charge in [-0.05, 0) is 43.9 Å². The molecule has 1 aromatic rings. The van der Waals surface area contributed by atoms with Gasteiger partial charge in [0.05, 0.1) is 11.1 Å². The molecule has 1 aliphatic carbocycles. The van der Waals surface area contributed by atoms with E-state index in [9.17, 15) is 9.59 Å². The standard InChI is InChI=1S/C13H16N2O3/c1-13(14,9-5-6-9)12(18)15-10-4-2-3-8(7-10)11(16)17/h2-4,7,9H,5-6,14H2,1H3,(H,15,18)(H,16,17). The van der Waals surface area contributed by atoms with E-state index in [1.165, 1.54) is 12.1 Å². The second-order valence-electron chi connectivity index (χ2n) is 4.90. The Morgan fingerprint density at radius 3 is 2.67 bits per heavy atom. The number of aromatic carboxylic acids is 1. The summed E-state index contributed by atoms with van der Waals surface area (Å²) in [6.07, 6.45) is 1.94. The molecule has 1 unspecified atom stereocenters. The van der Waals surface area contributed by atoms with Crippen molar-refractivity contribution in [3.63, 3.8) is 0 Å². The third-order valence-corrected chi connectivity index (χ3v) is 3.28. The molecule has 5 nitrogen and oxygen atoms in total. The topological polar surface area (TPSA) is 92.4 Å². The molecule has 1 aromatic carbocycles. The molecule has 1 atom stereocenters. The SMILES string of the molecule is CC(N)(C(=O)Nc1cccc(C(=O)O)c1)C1CC1. The van der Waals surface area contributed by atoms with E-state index in [1.807, 2.05) is 0 Å². The van der Waals surface area contributed by atoms with E-state index in [0.29, 0.717) is 5.69 Å². The number of hydrogen-bond acceptors (Lipinski definition) is 3. The van der Waals surface area contributed by atoms with Crippen molar-refractivity contribution in [2.24, 2.45) is 11.7 Å². The van der Waals surface area contributed by atoms with E-state index in [2.05, 4.69) is 5.32 Å². The fourth-order valence-electron chi connectivity index (χ4n) is 1.86. The van der Waals surface area contributed by atoms with Gasteiger partial charge in [-0.15, -0.1) is 0 Å². The van der Waals surface area contributed by atoms with Crippen LogP contribution in [0.25, 0.3) is 0 Å². The largest absolute Gasteiger partial charge is 0.478 e. The number of carbonyl (C=O) groups is 2. The number of rotatable bonds is 4. The molecule has 4 N–H and O–H groups in total. The smallest absolute Gasteiger partial charge is 0.335 e. The number of anilines is 1. The highest BCUT2D eigenvalue weighted by Crippen LogP contribution is 2.38. The van der Waals surface area contributed by atoms with Gasteiger partial charge < -0.3 is 16.2 Å². The zero-order chi connectivity index (χ0) is 13.3. The summed E-state index contributed by atoms with van der Waals surface area (Å²) >= 11 is 0. The van der Waals surface area contributed by atoms with Crippen LogP contribution in [0.4, 0.5) is 5.69 Å². The number of carboxylic acids is 1. The first kappa shape index (κ1) is 12.6. The molecule has 1 amide bonds. The minimum atomic E-state index is -1.02. The van der Waals surface area contributed by atoms with Gasteiger partial charge in [-0.2, -0.15) is 0 Å². The lowest BCUT2D eigenvalue weighted by Crippen LogP contribution is -2.50. The molecular weight excluding hydrogens is 232 g/mol. The molecule has 0 heterocycles. The predicted octanol–water partition coefficient (Wildman–Crippen LogP) is 1.45. The van der Waals surface area contributed by atoms with Crippen molar-refractivity contribution in [3.8, 4) is 0 Å². The van der Waals surface area contributed by atoms with E-state index < -0.39 is 11.5 Å². The summed E-state index contributed by atoms with van der Waals surface area (Å²) in [7, 11) is 0. The molecule has 5 heteroatoms. The van der Waals surface area contributed by atoms with E-state index in [-0.39, 0.29) is 17.4 Å². The van der Waals surface area contributed by atoms with Crippen molar-refractivity contribution in [1.82, 2.24) is 0 Å². The van der Waals surface area contributed by atoms with Gasteiger partial charge in [-0.3, -0.25) is 4.79 Å². The first-order valence-electron chi connectivity index (χ1n) is 5.85. The number of nitrogens with two attached hydrogens (primary N) is 1. The van der Waals surface area contributed by atoms with Crippen LogP contribution in [0.3, 0.4) is 0 Å². The van der Waals surface area contributed by atoms with Crippen molar-refractivity contribution >= 4 is 17.6 Å². The third-order valence-electron chi connectivity index (χ3n) is 3.28. The molecule has 0 saturated heterocycles. The average Bonchev–Trinajstić information content (AvgIpc) is 3.13. The summed E-state index contributed by atoms with van der Waals surface area (Å²) in [6, 6.07) is 6.13. The molecule has 0 bridgehead atoms. The maximum Gasteiger partial charge on any atom is 0.335 e. The van der Waals surface area contributed by atoms with Gasteiger partial charge in [0.25, 0.3) is 0 Å². The summed E-state index contributed by atoms with van der Waals surface area (Å²) in [5, 5.41) is 11.5. The van der Waals surface area contributed by atoms with Crippen LogP contribution in [-0.2, 0) is 4.79 Å². The average molecular weight is 248 g/mol. The van der Waals surface area contributed by atoms with E-state index >= 15 is 0 Å². The highest BCUT2D eigenvalue weighted by molar-refractivity contribution is 5.99. The predicted molar refractivity (Wildman–Crippen MR) is 67.3 cm³/mol. The number of amides is 1. The Morgan fingerprint density at radius 1 is 1.44 bits per heavy atom. The van der Waals surface area contributed by atoms with Crippen LogP contribution in [0.5, 0.6) is 0 Å². The molecule has 0 aliphatic heterocycles. The van der Waals surface area contributed by atoms with E-state index in [4.69, 9.17) is 10.8 Å². The highest BCUT2D eigenvalue weighted by Gasteiger charge is 2.44. The Hall–Kier alpha value is -1.88. The number of hydrogen-bond donors (Lipinski definition) is 3. The lowest BCUT2D eigenvalue weighted by molar-refractivity contribution is -0.121. The van der Waals surface area contributed by atoms with Crippen LogP contribution < -0.4 is 11.1 Å². The molecule has 0 spiro atoms.